The maximum atomic E-state index is 12.3. The molecule has 0 saturated carbocycles. The molecule has 0 bridgehead atoms. The Labute approximate surface area is 226 Å². The fourth-order valence-corrected chi connectivity index (χ4v) is 5.15. The summed E-state index contributed by atoms with van der Waals surface area (Å²) in [6.45, 7) is 2.09. The Hall–Kier alpha value is -1.68. The zero-order valence-corrected chi connectivity index (χ0v) is 23.6. The van der Waals surface area contributed by atoms with Crippen LogP contribution in [0.5, 0.6) is 0 Å². The molecule has 38 heavy (non-hydrogen) atoms. The second-order valence-corrected chi connectivity index (χ2v) is 10.5. The summed E-state index contributed by atoms with van der Waals surface area (Å²) in [5.41, 5.74) is -1.27. The number of allylic oxidation sites excluding steroid dienone is 2. The molecule has 11 heteroatoms. The van der Waals surface area contributed by atoms with Crippen LogP contribution in [0.4, 0.5) is 0 Å². The highest BCUT2D eigenvalue weighted by Gasteiger charge is 2.51. The number of hydrogen-bond acceptors (Lipinski definition) is 7. The molecule has 0 aliphatic carbocycles. The number of H-pyrrole nitrogens is 1. The normalized spacial score (nSPS) is 21.9. The first kappa shape index (κ1) is 32.5. The monoisotopic (exact) mass is 557 g/mol. The van der Waals surface area contributed by atoms with Crippen molar-refractivity contribution in [3.05, 3.63) is 45.3 Å². The van der Waals surface area contributed by atoms with E-state index in [4.69, 9.17) is 14.0 Å². The third-order valence-corrected chi connectivity index (χ3v) is 7.19. The van der Waals surface area contributed by atoms with Gasteiger partial charge < -0.3 is 14.6 Å². The molecule has 1 aromatic heterocycles. The van der Waals surface area contributed by atoms with Gasteiger partial charge in [-0.15, -0.1) is 9.42 Å². The van der Waals surface area contributed by atoms with Gasteiger partial charge in [0.2, 0.25) is 0 Å². The summed E-state index contributed by atoms with van der Waals surface area (Å²) in [5.74, 6) is 0. The highest BCUT2D eigenvalue weighted by Crippen LogP contribution is 2.37. The van der Waals surface area contributed by atoms with E-state index in [0.29, 0.717) is 6.61 Å². The van der Waals surface area contributed by atoms with E-state index in [9.17, 15) is 24.2 Å². The van der Waals surface area contributed by atoms with E-state index in [-0.39, 0.29) is 0 Å². The lowest BCUT2D eigenvalue weighted by molar-refractivity contribution is -0.0744. The van der Waals surface area contributed by atoms with Crippen LogP contribution in [0.2, 0.25) is 0 Å². The van der Waals surface area contributed by atoms with Crippen LogP contribution in [0.3, 0.4) is 0 Å². The van der Waals surface area contributed by atoms with Gasteiger partial charge in [0.05, 0.1) is 6.61 Å². The van der Waals surface area contributed by atoms with Gasteiger partial charge in [-0.2, -0.15) is 0 Å². The predicted octanol–water partition coefficient (Wildman–Crippen LogP) is 4.88. The summed E-state index contributed by atoms with van der Waals surface area (Å²) in [5, 5.41) is 9.68. The standard InChI is InChI=1S/C27H45N2O8P/c1-2-3-4-5-6-7-8-9-10-11-12-13-14-15-16-17-20-35-25-24(37-38(33)34)22(21-30)36-26(25)29-19-18-23(31)28-27(29)32/h9-10,18-19,22,24-26,30H,2-8,11-17,20-21H2,1H3,(H-,28,31,32,33,34)/p+1/b10-9-/t22-,24?,25?,26-/m1/s1. The number of aromatic nitrogens is 2. The number of nitrogens with one attached hydrogen (secondary N) is 1. The van der Waals surface area contributed by atoms with Crippen molar-refractivity contribution in [2.75, 3.05) is 13.2 Å². The van der Waals surface area contributed by atoms with Gasteiger partial charge in [0.15, 0.2) is 12.3 Å². The van der Waals surface area contributed by atoms with Gasteiger partial charge in [0.25, 0.3) is 5.56 Å². The first-order valence-electron chi connectivity index (χ1n) is 14.1. The highest BCUT2D eigenvalue weighted by molar-refractivity contribution is 7.32. The number of unbranched alkanes of at least 4 members (excludes halogenated alkanes) is 12. The van der Waals surface area contributed by atoms with E-state index in [1.54, 1.807) is 0 Å². The van der Waals surface area contributed by atoms with E-state index in [2.05, 4.69) is 24.1 Å². The van der Waals surface area contributed by atoms with Gasteiger partial charge in [-0.3, -0.25) is 14.3 Å². The Kier molecular flexibility index (Phi) is 16.6. The lowest BCUT2D eigenvalue weighted by atomic mass is 10.1. The molecule has 1 aliphatic heterocycles. The molecular weight excluding hydrogens is 511 g/mol. The van der Waals surface area contributed by atoms with Crippen molar-refractivity contribution in [3.63, 3.8) is 0 Å². The first-order valence-corrected chi connectivity index (χ1v) is 15.3. The van der Waals surface area contributed by atoms with Crippen molar-refractivity contribution >= 4 is 8.25 Å². The van der Waals surface area contributed by atoms with Gasteiger partial charge in [0.1, 0.15) is 12.2 Å². The Balaban J connectivity index is 1.67. The molecule has 1 saturated heterocycles. The van der Waals surface area contributed by atoms with Crippen LogP contribution in [0, 0.1) is 0 Å². The highest BCUT2D eigenvalue weighted by atomic mass is 31.1. The van der Waals surface area contributed by atoms with Crippen molar-refractivity contribution < 1.29 is 28.6 Å². The zero-order valence-electron chi connectivity index (χ0n) is 22.7. The third kappa shape index (κ3) is 12.0. The number of nitrogens with zero attached hydrogens (tertiary/aromatic N) is 1. The van der Waals surface area contributed by atoms with Crippen LogP contribution in [0.25, 0.3) is 0 Å². The van der Waals surface area contributed by atoms with Gasteiger partial charge in [0, 0.05) is 23.4 Å². The Morgan fingerprint density at radius 1 is 0.974 bits per heavy atom. The molecule has 2 rings (SSSR count). The minimum atomic E-state index is -2.98. The number of rotatable bonds is 21. The van der Waals surface area contributed by atoms with Crippen LogP contribution >= 0.6 is 8.25 Å². The van der Waals surface area contributed by atoms with Crippen LogP contribution < -0.4 is 11.2 Å². The first-order chi connectivity index (χ1) is 18.5. The van der Waals surface area contributed by atoms with E-state index < -0.39 is 50.7 Å². The summed E-state index contributed by atoms with van der Waals surface area (Å²) in [6.07, 6.45) is 18.6. The lowest BCUT2D eigenvalue weighted by Crippen LogP contribution is -2.40. The summed E-state index contributed by atoms with van der Waals surface area (Å²) >= 11 is 0. The smallest absolute Gasteiger partial charge is 0.394 e. The molecule has 1 aliphatic rings. The summed E-state index contributed by atoms with van der Waals surface area (Å²) in [4.78, 5) is 35.2. The van der Waals surface area contributed by atoms with Crippen molar-refractivity contribution in [2.45, 2.75) is 121 Å². The number of aliphatic hydroxyl groups excluding tert-OH is 1. The maximum Gasteiger partial charge on any atom is 0.695 e. The second kappa shape index (κ2) is 19.4. The number of hydrogen-bond donors (Lipinski definition) is 3. The minimum Gasteiger partial charge on any atom is -0.394 e. The minimum absolute atomic E-state index is 0.337. The molecule has 1 aromatic rings. The molecule has 5 atom stereocenters. The van der Waals surface area contributed by atoms with Gasteiger partial charge in [-0.1, -0.05) is 76.9 Å². The third-order valence-electron chi connectivity index (χ3n) is 6.77. The molecule has 0 aromatic carbocycles. The Morgan fingerprint density at radius 2 is 1.58 bits per heavy atom. The Bertz CT molecular complexity index is 934. The largest absolute Gasteiger partial charge is 0.695 e. The number of aromatic amines is 1. The number of ether oxygens (including phenoxy) is 2. The van der Waals surface area contributed by atoms with Crippen LogP contribution in [-0.4, -0.2) is 51.1 Å². The molecule has 216 valence electrons. The molecule has 1 fully saturated rings. The lowest BCUT2D eigenvalue weighted by Gasteiger charge is -2.22. The second-order valence-electron chi connectivity index (χ2n) is 9.85. The van der Waals surface area contributed by atoms with E-state index in [1.807, 2.05) is 0 Å². The fourth-order valence-electron chi connectivity index (χ4n) is 4.68. The SMILES string of the molecule is CCCCCCCC/C=C\CCCCCCCCOC1C(O[P+](=O)O)[C@@H](CO)O[C@H]1n1ccc(=O)[nH]c1=O. The topological polar surface area (TPSA) is 140 Å². The average molecular weight is 558 g/mol. The number of aliphatic hydroxyl groups is 1. The van der Waals surface area contributed by atoms with E-state index >= 15 is 0 Å². The van der Waals surface area contributed by atoms with Crippen molar-refractivity contribution in [1.82, 2.24) is 9.55 Å². The molecule has 3 N–H and O–H groups in total. The van der Waals surface area contributed by atoms with Crippen molar-refractivity contribution in [2.24, 2.45) is 0 Å². The molecule has 0 amide bonds. The van der Waals surface area contributed by atoms with E-state index in [0.717, 1.165) is 36.7 Å². The molecule has 3 unspecified atom stereocenters. The van der Waals surface area contributed by atoms with Gasteiger partial charge in [-0.05, 0) is 32.1 Å². The van der Waals surface area contributed by atoms with Crippen LogP contribution in [0.1, 0.15) is 103 Å². The molecule has 2 heterocycles. The van der Waals surface area contributed by atoms with E-state index in [1.165, 1.54) is 70.1 Å². The quantitative estimate of drug-likeness (QED) is 0.110. The molecule has 10 nitrogen and oxygen atoms in total. The zero-order chi connectivity index (χ0) is 27.6. The maximum absolute atomic E-state index is 12.3. The molecule has 0 radical (unpaired) electrons. The molecule has 0 spiro atoms. The van der Waals surface area contributed by atoms with Gasteiger partial charge in [-0.25, -0.2) is 4.79 Å². The fraction of sp³-hybridized carbons (Fsp3) is 0.778. The van der Waals surface area contributed by atoms with Gasteiger partial charge >= 0.3 is 13.9 Å². The summed E-state index contributed by atoms with van der Waals surface area (Å²) in [6, 6.07) is 1.17. The van der Waals surface area contributed by atoms with Crippen molar-refractivity contribution in [3.8, 4) is 0 Å². The van der Waals surface area contributed by atoms with Crippen molar-refractivity contribution in [1.29, 1.82) is 0 Å². The summed E-state index contributed by atoms with van der Waals surface area (Å²) in [7, 11) is -2.98. The predicted molar refractivity (Wildman–Crippen MR) is 146 cm³/mol. The van der Waals surface area contributed by atoms with Crippen LogP contribution in [0.15, 0.2) is 34.0 Å². The average Bonchev–Trinajstić information content (AvgIpc) is 3.22. The Morgan fingerprint density at radius 3 is 2.16 bits per heavy atom. The van der Waals surface area contributed by atoms with Crippen LogP contribution in [-0.2, 0) is 18.6 Å². The molecular formula is C27H46N2O8P+. The summed E-state index contributed by atoms with van der Waals surface area (Å²) < 4.78 is 29.3.